The number of amides is 1. The number of rotatable bonds is 6. The molecule has 0 saturated carbocycles. The maximum Gasteiger partial charge on any atom is 0.410 e. The van der Waals surface area contributed by atoms with Crippen LogP contribution in [0.25, 0.3) is 0 Å². The number of nitrogens with one attached hydrogen (secondary N) is 2. The number of carbonyl (C=O) groups excluding carboxylic acids is 1. The van der Waals surface area contributed by atoms with E-state index in [-0.39, 0.29) is 24.6 Å². The van der Waals surface area contributed by atoms with Crippen LogP contribution in [-0.4, -0.2) is 21.9 Å². The molecule has 0 radical (unpaired) electrons. The fourth-order valence-electron chi connectivity index (χ4n) is 3.99. The largest absolute Gasteiger partial charge is 0.410 e. The van der Waals surface area contributed by atoms with E-state index in [0.717, 1.165) is 27.8 Å². The molecule has 174 valence electrons. The summed E-state index contributed by atoms with van der Waals surface area (Å²) in [5.41, 5.74) is 3.18. The van der Waals surface area contributed by atoms with Crippen LogP contribution in [-0.2, 0) is 24.2 Å². The van der Waals surface area contributed by atoms with Gasteiger partial charge in [0.1, 0.15) is 5.82 Å². The minimum atomic E-state index is -4.46. The van der Waals surface area contributed by atoms with E-state index in [2.05, 4.69) is 15.7 Å². The van der Waals surface area contributed by atoms with Gasteiger partial charge in [-0.25, -0.2) is 4.68 Å². The molecule has 2 heterocycles. The molecule has 0 spiro atoms. The predicted molar refractivity (Wildman–Crippen MR) is 121 cm³/mol. The molecular formula is C24H24ClF3N4O. The first-order valence-electron chi connectivity index (χ1n) is 10.7. The highest BCUT2D eigenvalue weighted by atomic mass is 35.5. The Hall–Kier alpha value is -3.00. The van der Waals surface area contributed by atoms with Crippen LogP contribution in [0.5, 0.6) is 0 Å². The molecule has 0 bridgehead atoms. The van der Waals surface area contributed by atoms with Gasteiger partial charge in [-0.3, -0.25) is 4.79 Å². The molecule has 33 heavy (non-hydrogen) atoms. The number of hydrogen-bond acceptors (Lipinski definition) is 3. The normalized spacial score (nSPS) is 17.8. The predicted octanol–water partition coefficient (Wildman–Crippen LogP) is 5.62. The molecule has 1 aliphatic rings. The van der Waals surface area contributed by atoms with E-state index in [9.17, 15) is 18.0 Å². The Morgan fingerprint density at radius 3 is 2.45 bits per heavy atom. The van der Waals surface area contributed by atoms with Gasteiger partial charge < -0.3 is 10.6 Å². The highest BCUT2D eigenvalue weighted by molar-refractivity contribution is 6.30. The average molecular weight is 477 g/mol. The topological polar surface area (TPSA) is 59.0 Å². The molecule has 9 heteroatoms. The number of alkyl halides is 3. The van der Waals surface area contributed by atoms with Gasteiger partial charge in [0.15, 0.2) is 6.04 Å². The van der Waals surface area contributed by atoms with E-state index in [1.807, 2.05) is 31.2 Å². The van der Waals surface area contributed by atoms with Gasteiger partial charge in [0.25, 0.3) is 0 Å². The van der Waals surface area contributed by atoms with Crippen LogP contribution in [0.1, 0.15) is 47.7 Å². The highest BCUT2D eigenvalue weighted by Crippen LogP contribution is 2.44. The molecule has 4 rings (SSSR count). The molecule has 5 nitrogen and oxygen atoms in total. The Bertz CT molecular complexity index is 1110. The van der Waals surface area contributed by atoms with Crippen molar-refractivity contribution in [2.24, 2.45) is 0 Å². The van der Waals surface area contributed by atoms with Gasteiger partial charge in [0.2, 0.25) is 5.91 Å². The van der Waals surface area contributed by atoms with Crippen LogP contribution in [0.3, 0.4) is 0 Å². The molecule has 0 fully saturated rings. The van der Waals surface area contributed by atoms with Crippen molar-refractivity contribution in [2.75, 3.05) is 5.32 Å². The molecule has 1 aromatic heterocycles. The van der Waals surface area contributed by atoms with Gasteiger partial charge in [-0.1, -0.05) is 54.9 Å². The van der Waals surface area contributed by atoms with Crippen molar-refractivity contribution in [3.63, 3.8) is 0 Å². The second-order valence-corrected chi connectivity index (χ2v) is 8.56. The number of aryl methyl sites for hydroxylation is 1. The number of anilines is 1. The third-order valence-electron chi connectivity index (χ3n) is 5.86. The van der Waals surface area contributed by atoms with E-state index in [4.69, 9.17) is 11.6 Å². The fourth-order valence-corrected chi connectivity index (χ4v) is 4.11. The van der Waals surface area contributed by atoms with Gasteiger partial charge in [-0.2, -0.15) is 18.3 Å². The van der Waals surface area contributed by atoms with Crippen LogP contribution in [0.4, 0.5) is 19.0 Å². The number of halogens is 4. The van der Waals surface area contributed by atoms with Crippen molar-refractivity contribution in [3.8, 4) is 0 Å². The van der Waals surface area contributed by atoms with Crippen molar-refractivity contribution >= 4 is 23.3 Å². The first kappa shape index (κ1) is 23.2. The van der Waals surface area contributed by atoms with Gasteiger partial charge in [-0.15, -0.1) is 0 Å². The van der Waals surface area contributed by atoms with E-state index < -0.39 is 18.3 Å². The first-order chi connectivity index (χ1) is 15.7. The summed E-state index contributed by atoms with van der Waals surface area (Å²) >= 11 is 5.87. The van der Waals surface area contributed by atoms with E-state index in [1.54, 1.807) is 24.3 Å². The second kappa shape index (κ2) is 9.47. The van der Waals surface area contributed by atoms with Crippen LogP contribution < -0.4 is 10.6 Å². The highest BCUT2D eigenvalue weighted by Gasteiger charge is 2.46. The Balaban J connectivity index is 1.53. The number of aromatic nitrogens is 2. The standard InChI is InChI=1S/C24H24ClF3N4O/c1-2-15-3-7-17(8-4-15)20-12-21(24(26,27)28)32-23(31-20)18(14-30-32)11-22(33)29-13-16-5-9-19(25)10-6-16/h3-10,14,20-21,31H,2,11-13H2,1H3,(H,29,33)/t20-,21+/m1/s1. The quantitative estimate of drug-likeness (QED) is 0.485. The maximum atomic E-state index is 13.9. The van der Waals surface area contributed by atoms with Crippen LogP contribution in [0.2, 0.25) is 5.02 Å². The Kier molecular flexibility index (Phi) is 6.65. The molecule has 0 aliphatic carbocycles. The Morgan fingerprint density at radius 2 is 1.82 bits per heavy atom. The third-order valence-corrected chi connectivity index (χ3v) is 6.11. The van der Waals surface area contributed by atoms with Crippen LogP contribution >= 0.6 is 11.6 Å². The summed E-state index contributed by atoms with van der Waals surface area (Å²) in [6.45, 7) is 2.32. The maximum absolute atomic E-state index is 13.9. The summed E-state index contributed by atoms with van der Waals surface area (Å²) in [6.07, 6.45) is -2.52. The number of hydrogen-bond donors (Lipinski definition) is 2. The van der Waals surface area contributed by atoms with Crippen molar-refractivity contribution in [1.82, 2.24) is 15.1 Å². The molecule has 0 unspecified atom stereocenters. The van der Waals surface area contributed by atoms with Gasteiger partial charge in [0.05, 0.1) is 18.7 Å². The minimum Gasteiger partial charge on any atom is -0.363 e. The number of fused-ring (bicyclic) bond motifs is 1. The zero-order chi connectivity index (χ0) is 23.6. The van der Waals surface area contributed by atoms with Gasteiger partial charge >= 0.3 is 6.18 Å². The van der Waals surface area contributed by atoms with Crippen LogP contribution in [0.15, 0.2) is 54.7 Å². The molecule has 2 atom stereocenters. The van der Waals surface area contributed by atoms with E-state index in [1.165, 1.54) is 6.20 Å². The monoisotopic (exact) mass is 476 g/mol. The fraction of sp³-hybridized carbons (Fsp3) is 0.333. The zero-order valence-corrected chi connectivity index (χ0v) is 18.7. The van der Waals surface area contributed by atoms with Crippen molar-refractivity contribution in [2.45, 2.75) is 51.0 Å². The van der Waals surface area contributed by atoms with E-state index in [0.29, 0.717) is 17.1 Å². The lowest BCUT2D eigenvalue weighted by molar-refractivity contribution is -0.173. The molecule has 0 saturated heterocycles. The molecule has 2 N–H and O–H groups in total. The second-order valence-electron chi connectivity index (χ2n) is 8.13. The summed E-state index contributed by atoms with van der Waals surface area (Å²) in [5.74, 6) is -0.0738. The van der Waals surface area contributed by atoms with Crippen molar-refractivity contribution in [3.05, 3.63) is 82.0 Å². The lowest BCUT2D eigenvalue weighted by atomic mass is 9.95. The molecule has 1 aliphatic heterocycles. The van der Waals surface area contributed by atoms with Gasteiger partial charge in [-0.05, 0) is 35.2 Å². The van der Waals surface area contributed by atoms with E-state index >= 15 is 0 Å². The van der Waals surface area contributed by atoms with Crippen molar-refractivity contribution in [1.29, 1.82) is 0 Å². The Labute approximate surface area is 194 Å². The summed E-state index contributed by atoms with van der Waals surface area (Å²) < 4.78 is 42.5. The number of benzene rings is 2. The molecular weight excluding hydrogens is 453 g/mol. The third kappa shape index (κ3) is 5.33. The summed E-state index contributed by atoms with van der Waals surface area (Å²) in [5, 5.41) is 10.6. The SMILES string of the molecule is CCc1ccc([C@H]2C[C@@H](C(F)(F)F)n3ncc(CC(=O)NCc4ccc(Cl)cc4)c3N2)cc1. The lowest BCUT2D eigenvalue weighted by Gasteiger charge is -2.34. The Morgan fingerprint density at radius 1 is 1.15 bits per heavy atom. The summed E-state index contributed by atoms with van der Waals surface area (Å²) in [7, 11) is 0. The summed E-state index contributed by atoms with van der Waals surface area (Å²) in [6, 6.07) is 12.3. The minimum absolute atomic E-state index is 0.0814. The first-order valence-corrected chi connectivity index (χ1v) is 11.1. The summed E-state index contributed by atoms with van der Waals surface area (Å²) in [4.78, 5) is 12.5. The smallest absolute Gasteiger partial charge is 0.363 e. The zero-order valence-electron chi connectivity index (χ0n) is 18.0. The molecule has 2 aromatic carbocycles. The lowest BCUT2D eigenvalue weighted by Crippen LogP contribution is -2.36. The van der Waals surface area contributed by atoms with Crippen molar-refractivity contribution < 1.29 is 18.0 Å². The average Bonchev–Trinajstić information content (AvgIpc) is 3.20. The molecule has 1 amide bonds. The van der Waals surface area contributed by atoms with Crippen LogP contribution in [0, 0.1) is 0 Å². The number of nitrogens with zero attached hydrogens (tertiary/aromatic N) is 2. The molecule has 3 aromatic rings. The van der Waals surface area contributed by atoms with Gasteiger partial charge in [0, 0.05) is 23.6 Å². The number of carbonyl (C=O) groups is 1.